The number of hydrogen-bond acceptors (Lipinski definition) is 1. The summed E-state index contributed by atoms with van der Waals surface area (Å²) in [7, 11) is 0. The Morgan fingerprint density at radius 3 is 1.91 bits per heavy atom. The molecule has 0 aromatic carbocycles. The van der Waals surface area contributed by atoms with Crippen LogP contribution in [0.4, 0.5) is 0 Å². The summed E-state index contributed by atoms with van der Waals surface area (Å²) in [6.45, 7) is 0. The van der Waals surface area contributed by atoms with Gasteiger partial charge in [0.2, 0.25) is 0 Å². The van der Waals surface area contributed by atoms with E-state index in [4.69, 9.17) is 0 Å². The van der Waals surface area contributed by atoms with Crippen molar-refractivity contribution in [3.8, 4) is 0 Å². The Hall–Kier alpha value is 0.0900. The van der Waals surface area contributed by atoms with Crippen LogP contribution in [0.25, 0.3) is 0 Å². The molecule has 4 rings (SSSR count). The van der Waals surface area contributed by atoms with Crippen LogP contribution in [0.2, 0.25) is 0 Å². The van der Waals surface area contributed by atoms with Gasteiger partial charge in [-0.3, -0.25) is 0 Å². The Labute approximate surface area is 72.4 Å². The first-order valence-corrected chi connectivity index (χ1v) is 5.85. The van der Waals surface area contributed by atoms with Crippen molar-refractivity contribution < 1.29 is 0 Å². The predicted octanol–water partition coefficient (Wildman–Crippen LogP) is 2.56. The zero-order chi connectivity index (χ0) is 7.26. The zero-order valence-corrected chi connectivity index (χ0v) is 7.52. The van der Waals surface area contributed by atoms with Gasteiger partial charge >= 0.3 is 0 Å². The molecule has 1 saturated heterocycles. The van der Waals surface area contributed by atoms with E-state index in [0.717, 1.165) is 23.7 Å². The van der Waals surface area contributed by atoms with Gasteiger partial charge in [-0.1, -0.05) is 12.2 Å². The van der Waals surface area contributed by atoms with Crippen LogP contribution in [0.5, 0.6) is 0 Å². The largest absolute Gasteiger partial charge is 0.161 e. The van der Waals surface area contributed by atoms with E-state index < -0.39 is 0 Å². The zero-order valence-electron chi connectivity index (χ0n) is 6.70. The normalized spacial score (nSPS) is 53.1. The van der Waals surface area contributed by atoms with Gasteiger partial charge in [0.05, 0.1) is 0 Å². The molecule has 0 spiro atoms. The molecule has 1 heterocycles. The van der Waals surface area contributed by atoms with Crippen molar-refractivity contribution in [1.82, 2.24) is 0 Å². The van der Waals surface area contributed by atoms with Crippen LogP contribution in [-0.4, -0.2) is 11.5 Å². The Bertz CT molecular complexity index is 169. The monoisotopic (exact) mass is 166 g/mol. The van der Waals surface area contributed by atoms with Crippen LogP contribution < -0.4 is 0 Å². The summed E-state index contributed by atoms with van der Waals surface area (Å²) in [6.07, 6.45) is 7.64. The van der Waals surface area contributed by atoms with Crippen molar-refractivity contribution in [3.05, 3.63) is 12.2 Å². The third-order valence-electron chi connectivity index (χ3n) is 3.80. The summed E-state index contributed by atoms with van der Waals surface area (Å²) in [5.41, 5.74) is 0. The summed E-state index contributed by atoms with van der Waals surface area (Å²) in [4.78, 5) is 0. The average molecular weight is 166 g/mol. The molecule has 0 unspecified atom stereocenters. The third kappa shape index (κ3) is 0.780. The van der Waals surface area contributed by atoms with E-state index in [1.165, 1.54) is 24.3 Å². The molecule has 0 aromatic rings. The van der Waals surface area contributed by atoms with Crippen LogP contribution in [0.15, 0.2) is 12.2 Å². The lowest BCUT2D eigenvalue weighted by atomic mass is 9.57. The minimum atomic E-state index is 1.10. The van der Waals surface area contributed by atoms with Gasteiger partial charge in [-0.05, 0) is 48.0 Å². The maximum absolute atomic E-state index is 2.42. The molecule has 4 bridgehead atoms. The van der Waals surface area contributed by atoms with Crippen molar-refractivity contribution in [2.45, 2.75) is 12.8 Å². The van der Waals surface area contributed by atoms with Crippen molar-refractivity contribution in [2.24, 2.45) is 23.7 Å². The van der Waals surface area contributed by atoms with Gasteiger partial charge in [0.1, 0.15) is 0 Å². The Balaban J connectivity index is 1.88. The SMILES string of the molecule is C1=CCC2C3CSCC2C3C1. The van der Waals surface area contributed by atoms with E-state index in [0.29, 0.717) is 0 Å². The second kappa shape index (κ2) is 2.29. The molecular formula is C10H14S. The van der Waals surface area contributed by atoms with Crippen molar-refractivity contribution >= 4 is 11.8 Å². The average Bonchev–Trinajstić information content (AvgIpc) is 2.39. The first kappa shape index (κ1) is 6.59. The fourth-order valence-electron chi connectivity index (χ4n) is 3.17. The highest BCUT2D eigenvalue weighted by atomic mass is 32.2. The van der Waals surface area contributed by atoms with Gasteiger partial charge in [-0.2, -0.15) is 11.8 Å². The fraction of sp³-hybridized carbons (Fsp3) is 0.800. The van der Waals surface area contributed by atoms with Gasteiger partial charge in [0, 0.05) is 0 Å². The fourth-order valence-corrected chi connectivity index (χ4v) is 4.83. The standard InChI is InChI=1S/C10H14S/c1-2-4-8-9-5-11-6-10(8)7(9)3-1/h1-2,7-10H,3-6H2. The molecule has 0 atom stereocenters. The van der Waals surface area contributed by atoms with Crippen molar-refractivity contribution in [1.29, 1.82) is 0 Å². The van der Waals surface area contributed by atoms with Crippen LogP contribution in [-0.2, 0) is 0 Å². The maximum atomic E-state index is 2.42. The van der Waals surface area contributed by atoms with E-state index in [2.05, 4.69) is 23.9 Å². The lowest BCUT2D eigenvalue weighted by Crippen LogP contribution is -2.51. The molecule has 0 aromatic heterocycles. The Morgan fingerprint density at radius 1 is 0.818 bits per heavy atom. The highest BCUT2D eigenvalue weighted by Gasteiger charge is 2.51. The molecule has 0 nitrogen and oxygen atoms in total. The van der Waals surface area contributed by atoms with Gasteiger partial charge in [0.15, 0.2) is 0 Å². The minimum absolute atomic E-state index is 1.10. The molecule has 0 N–H and O–H groups in total. The number of thioether (sulfide) groups is 1. The predicted molar refractivity (Wildman–Crippen MR) is 49.7 cm³/mol. The smallest absolute Gasteiger partial charge is 0.00333 e. The topological polar surface area (TPSA) is 0 Å². The number of hydrogen-bond donors (Lipinski definition) is 0. The van der Waals surface area contributed by atoms with E-state index in [1.54, 1.807) is 0 Å². The summed E-state index contributed by atoms with van der Waals surface area (Å²) < 4.78 is 0. The second-order valence-electron chi connectivity index (χ2n) is 4.14. The van der Waals surface area contributed by atoms with Crippen LogP contribution in [0.1, 0.15) is 12.8 Å². The number of fused-ring (bicyclic) bond motifs is 2. The summed E-state index contributed by atoms with van der Waals surface area (Å²) in [5, 5.41) is 0. The number of rotatable bonds is 0. The van der Waals surface area contributed by atoms with Crippen molar-refractivity contribution in [2.75, 3.05) is 11.5 Å². The van der Waals surface area contributed by atoms with E-state index >= 15 is 0 Å². The summed E-state index contributed by atoms with van der Waals surface area (Å²) >= 11 is 2.19. The molecule has 1 saturated carbocycles. The van der Waals surface area contributed by atoms with Crippen LogP contribution in [0, 0.1) is 23.7 Å². The third-order valence-corrected chi connectivity index (χ3v) is 5.04. The molecule has 0 amide bonds. The second-order valence-corrected chi connectivity index (χ2v) is 5.21. The highest BCUT2D eigenvalue weighted by Crippen LogP contribution is 2.57. The molecule has 0 radical (unpaired) electrons. The first-order valence-electron chi connectivity index (χ1n) is 4.69. The van der Waals surface area contributed by atoms with E-state index in [1.807, 2.05) is 0 Å². The minimum Gasteiger partial charge on any atom is -0.161 e. The molecule has 4 aliphatic rings. The molecule has 60 valence electrons. The van der Waals surface area contributed by atoms with E-state index in [9.17, 15) is 0 Å². The highest BCUT2D eigenvalue weighted by molar-refractivity contribution is 7.99. The summed E-state index contributed by atoms with van der Waals surface area (Å²) in [5.74, 6) is 7.34. The lowest BCUT2D eigenvalue weighted by molar-refractivity contribution is 0.0111. The Morgan fingerprint density at radius 2 is 1.36 bits per heavy atom. The molecule has 1 heteroatoms. The number of allylic oxidation sites excluding steroid dienone is 2. The molecule has 2 fully saturated rings. The quantitative estimate of drug-likeness (QED) is 0.498. The molecular weight excluding hydrogens is 152 g/mol. The van der Waals surface area contributed by atoms with Gasteiger partial charge in [0.25, 0.3) is 0 Å². The van der Waals surface area contributed by atoms with Crippen LogP contribution >= 0.6 is 11.8 Å². The van der Waals surface area contributed by atoms with Gasteiger partial charge in [-0.25, -0.2) is 0 Å². The molecule has 3 aliphatic carbocycles. The molecule has 1 aliphatic heterocycles. The van der Waals surface area contributed by atoms with Gasteiger partial charge in [-0.15, -0.1) is 0 Å². The maximum Gasteiger partial charge on any atom is -0.00333 e. The first-order chi connectivity index (χ1) is 5.47. The molecule has 11 heavy (non-hydrogen) atoms. The van der Waals surface area contributed by atoms with Crippen molar-refractivity contribution in [3.63, 3.8) is 0 Å². The van der Waals surface area contributed by atoms with Crippen LogP contribution in [0.3, 0.4) is 0 Å². The van der Waals surface area contributed by atoms with Gasteiger partial charge < -0.3 is 0 Å². The lowest BCUT2D eigenvalue weighted by Gasteiger charge is -2.55. The summed E-state index contributed by atoms with van der Waals surface area (Å²) in [6, 6.07) is 0. The van der Waals surface area contributed by atoms with E-state index in [-0.39, 0.29) is 0 Å². The Kier molecular flexibility index (Phi) is 1.37.